The van der Waals surface area contributed by atoms with Gasteiger partial charge < -0.3 is 15.2 Å². The molecule has 0 saturated carbocycles. The minimum atomic E-state index is -2.23. The Morgan fingerprint density at radius 2 is 2.00 bits per heavy atom. The van der Waals surface area contributed by atoms with Gasteiger partial charge >= 0.3 is 0 Å². The van der Waals surface area contributed by atoms with Gasteiger partial charge in [0, 0.05) is 10.1 Å². The Hall–Kier alpha value is -0.930. The molecule has 1 aliphatic carbocycles. The van der Waals surface area contributed by atoms with Crippen molar-refractivity contribution >= 4 is 12.4 Å². The van der Waals surface area contributed by atoms with E-state index in [1.165, 1.54) is 12.1 Å². The van der Waals surface area contributed by atoms with Crippen LogP contribution < -0.4 is 15.2 Å². The van der Waals surface area contributed by atoms with Crippen LogP contribution in [0.15, 0.2) is 12.1 Å². The monoisotopic (exact) mass is 218 g/mol. The maximum Gasteiger partial charge on any atom is 0.231 e. The lowest BCUT2D eigenvalue weighted by Crippen LogP contribution is -2.19. The first-order valence-corrected chi connectivity index (χ1v) is 3.97. The van der Waals surface area contributed by atoms with Crippen LogP contribution in [-0.4, -0.2) is 12.8 Å². The number of benzene rings is 1. The van der Waals surface area contributed by atoms with Crippen molar-refractivity contribution in [1.29, 1.82) is 0 Å². The first-order chi connectivity index (χ1) is 8.12. The SMILES string of the molecule is Cl.[2H]C1([2H])Oc2cc3c(cc2O1)C([2H])([2H])C([2H])(N)C3. The molecule has 0 radical (unpaired) electrons. The van der Waals surface area contributed by atoms with Gasteiger partial charge in [0.25, 0.3) is 0 Å². The smallest absolute Gasteiger partial charge is 0.231 e. The van der Waals surface area contributed by atoms with Crippen LogP contribution in [0.4, 0.5) is 0 Å². The highest BCUT2D eigenvalue weighted by Crippen LogP contribution is 2.37. The Kier molecular flexibility index (Phi) is 1.25. The van der Waals surface area contributed by atoms with Crippen LogP contribution >= 0.6 is 12.4 Å². The van der Waals surface area contributed by atoms with Gasteiger partial charge in [-0.25, -0.2) is 0 Å². The molecule has 1 aromatic rings. The Morgan fingerprint density at radius 1 is 1.36 bits per heavy atom. The van der Waals surface area contributed by atoms with E-state index in [0.717, 1.165) is 0 Å². The van der Waals surface area contributed by atoms with E-state index in [-0.39, 0.29) is 35.9 Å². The number of nitrogens with two attached hydrogens (primary N) is 1. The van der Waals surface area contributed by atoms with E-state index in [2.05, 4.69) is 0 Å². The molecule has 14 heavy (non-hydrogen) atoms. The molecule has 0 amide bonds. The molecule has 3 nitrogen and oxygen atoms in total. The molecule has 0 saturated heterocycles. The number of fused-ring (bicyclic) bond motifs is 2. The molecule has 0 aromatic heterocycles. The van der Waals surface area contributed by atoms with Crippen molar-refractivity contribution < 1.29 is 16.3 Å². The van der Waals surface area contributed by atoms with E-state index >= 15 is 0 Å². The maximum absolute atomic E-state index is 7.90. The number of halogens is 1. The number of hydrogen-bond acceptors (Lipinski definition) is 3. The summed E-state index contributed by atoms with van der Waals surface area (Å²) in [5.74, 6) is 0.354. The van der Waals surface area contributed by atoms with E-state index in [0.29, 0.717) is 5.56 Å². The van der Waals surface area contributed by atoms with Gasteiger partial charge in [-0.3, -0.25) is 0 Å². The predicted octanol–water partition coefficient (Wildman–Crippen LogP) is 1.26. The minimum absolute atomic E-state index is 0. The third-order valence-corrected chi connectivity index (χ3v) is 2.15. The topological polar surface area (TPSA) is 44.5 Å². The van der Waals surface area contributed by atoms with Gasteiger partial charge in [-0.05, 0) is 36.1 Å². The molecule has 2 N–H and O–H groups in total. The molecule has 4 heteroatoms. The van der Waals surface area contributed by atoms with Crippen LogP contribution in [0.2, 0.25) is 0 Å². The summed E-state index contributed by atoms with van der Waals surface area (Å²) in [6.45, 7) is -2.23. The molecule has 1 atom stereocenters. The van der Waals surface area contributed by atoms with Crippen molar-refractivity contribution in [2.45, 2.75) is 18.8 Å². The zero-order valence-electron chi connectivity index (χ0n) is 12.2. The summed E-state index contributed by atoms with van der Waals surface area (Å²) in [6, 6.07) is 1.14. The largest absolute Gasteiger partial charge is 0.454 e. The standard InChI is InChI=1S/C10H11NO2.ClH/c11-8-1-6-3-9-10(13-5-12-9)4-7(6)2-8;/h3-4,8H,1-2,5,11H2;1H/i1D2,5D2,8D;. The Labute approximate surface area is 95.6 Å². The van der Waals surface area contributed by atoms with Crippen LogP contribution in [-0.2, 0) is 12.8 Å². The zero-order chi connectivity index (χ0) is 13.3. The van der Waals surface area contributed by atoms with Crippen molar-refractivity contribution in [3.63, 3.8) is 0 Å². The van der Waals surface area contributed by atoms with Gasteiger partial charge in [-0.15, -0.1) is 12.4 Å². The molecular formula is C10H12ClNO2. The molecule has 0 fully saturated rings. The summed E-state index contributed by atoms with van der Waals surface area (Å²) in [5, 5.41) is 0. The van der Waals surface area contributed by atoms with Gasteiger partial charge in [-0.1, -0.05) is 0 Å². The molecule has 1 heterocycles. The Bertz CT molecular complexity index is 549. The first kappa shape index (κ1) is 5.24. The summed E-state index contributed by atoms with van der Waals surface area (Å²) in [4.78, 5) is 0. The van der Waals surface area contributed by atoms with Crippen LogP contribution in [0.5, 0.6) is 11.5 Å². The van der Waals surface area contributed by atoms with Crippen molar-refractivity contribution in [3.8, 4) is 11.5 Å². The second-order valence-electron chi connectivity index (χ2n) is 3.07. The molecule has 2 aliphatic rings. The van der Waals surface area contributed by atoms with Crippen molar-refractivity contribution in [3.05, 3.63) is 23.3 Å². The Morgan fingerprint density at radius 3 is 2.71 bits per heavy atom. The van der Waals surface area contributed by atoms with Gasteiger partial charge in [0.1, 0.15) is 2.74 Å². The lowest BCUT2D eigenvalue weighted by Gasteiger charge is -2.00. The average Bonchev–Trinajstić information content (AvgIpc) is 2.55. The maximum atomic E-state index is 7.90. The van der Waals surface area contributed by atoms with Crippen LogP contribution in [0.25, 0.3) is 0 Å². The van der Waals surface area contributed by atoms with E-state index in [1.54, 1.807) is 0 Å². The van der Waals surface area contributed by atoms with Crippen molar-refractivity contribution in [1.82, 2.24) is 0 Å². The van der Waals surface area contributed by atoms with Gasteiger partial charge in [0.2, 0.25) is 6.75 Å². The highest BCUT2D eigenvalue weighted by Gasteiger charge is 2.23. The molecule has 0 bridgehead atoms. The summed E-state index contributed by atoms with van der Waals surface area (Å²) in [5.41, 5.74) is 6.47. The molecule has 1 aliphatic heterocycles. The van der Waals surface area contributed by atoms with Gasteiger partial charge in [0.05, 0.1) is 0 Å². The third-order valence-electron chi connectivity index (χ3n) is 2.15. The van der Waals surface area contributed by atoms with Crippen molar-refractivity contribution in [2.24, 2.45) is 5.73 Å². The predicted molar refractivity (Wildman–Crippen MR) is 55.2 cm³/mol. The zero-order valence-corrected chi connectivity index (χ0v) is 7.98. The Balaban J connectivity index is 0.00000133. The summed E-state index contributed by atoms with van der Waals surface area (Å²) < 4.78 is 48.1. The van der Waals surface area contributed by atoms with E-state index < -0.39 is 19.1 Å². The van der Waals surface area contributed by atoms with Gasteiger partial charge in [-0.2, -0.15) is 0 Å². The molecule has 3 rings (SSSR count). The van der Waals surface area contributed by atoms with E-state index in [1.807, 2.05) is 0 Å². The second-order valence-corrected chi connectivity index (χ2v) is 3.07. The number of hydrogen-bond donors (Lipinski definition) is 1. The fourth-order valence-electron chi connectivity index (χ4n) is 1.56. The summed E-state index contributed by atoms with van der Waals surface area (Å²) in [7, 11) is 0. The van der Waals surface area contributed by atoms with E-state index in [9.17, 15) is 0 Å². The minimum Gasteiger partial charge on any atom is -0.454 e. The molecule has 0 spiro atoms. The summed E-state index contributed by atoms with van der Waals surface area (Å²) in [6.07, 6.45) is -1.95. The normalized spacial score (nSPS) is 39.4. The van der Waals surface area contributed by atoms with Crippen LogP contribution in [0.3, 0.4) is 0 Å². The highest BCUT2D eigenvalue weighted by atomic mass is 35.5. The summed E-state index contributed by atoms with van der Waals surface area (Å²) >= 11 is 0. The van der Waals surface area contributed by atoms with E-state index in [4.69, 9.17) is 22.1 Å². The molecule has 1 unspecified atom stereocenters. The lowest BCUT2D eigenvalue weighted by molar-refractivity contribution is 0.174. The fraction of sp³-hybridized carbons (Fsp3) is 0.400. The molecule has 76 valence electrons. The van der Waals surface area contributed by atoms with Gasteiger partial charge in [0.15, 0.2) is 11.5 Å². The lowest BCUT2D eigenvalue weighted by atomic mass is 10.1. The number of rotatable bonds is 0. The number of ether oxygens (including phenoxy) is 2. The third kappa shape index (κ3) is 1.33. The molecular weight excluding hydrogens is 202 g/mol. The quantitative estimate of drug-likeness (QED) is 0.713. The van der Waals surface area contributed by atoms with Crippen LogP contribution in [0, 0.1) is 0 Å². The highest BCUT2D eigenvalue weighted by molar-refractivity contribution is 5.85. The first-order valence-electron chi connectivity index (χ1n) is 6.47. The van der Waals surface area contributed by atoms with Crippen molar-refractivity contribution in [2.75, 3.05) is 6.75 Å². The second kappa shape index (κ2) is 3.33. The average molecular weight is 219 g/mol. The molecule has 1 aromatic carbocycles. The fourth-order valence-corrected chi connectivity index (χ4v) is 1.56. The van der Waals surface area contributed by atoms with Crippen LogP contribution in [0.1, 0.15) is 18.0 Å².